The Morgan fingerprint density at radius 2 is 2.00 bits per heavy atom. The number of fused-ring (bicyclic) bond motifs is 1. The fraction of sp³-hybridized carbons (Fsp3) is 0.412. The number of ether oxygens (including phenoxy) is 1. The number of rotatable bonds is 4. The molecular formula is C17H21N3O3S. The molecule has 0 radical (unpaired) electrons. The van der Waals surface area contributed by atoms with Crippen molar-refractivity contribution in [3.63, 3.8) is 0 Å². The van der Waals surface area contributed by atoms with E-state index in [2.05, 4.69) is 10.4 Å². The molecule has 2 N–H and O–H groups in total. The lowest BCUT2D eigenvalue weighted by Crippen LogP contribution is -2.17. The predicted octanol–water partition coefficient (Wildman–Crippen LogP) is 2.93. The molecule has 1 aliphatic heterocycles. The first-order chi connectivity index (χ1) is 11.5. The Hall–Kier alpha value is -2.15. The van der Waals surface area contributed by atoms with Crippen molar-refractivity contribution < 1.29 is 9.53 Å². The van der Waals surface area contributed by atoms with Crippen LogP contribution in [0.4, 0.5) is 5.82 Å². The van der Waals surface area contributed by atoms with Gasteiger partial charge in [-0.05, 0) is 38.5 Å². The van der Waals surface area contributed by atoms with Crippen molar-refractivity contribution in [3.8, 4) is 5.75 Å². The molecule has 6 nitrogen and oxygen atoms in total. The number of nitrogens with zero attached hydrogens (tertiary/aromatic N) is 1. The minimum Gasteiger partial charge on any atom is -0.494 e. The molecule has 1 atom stereocenters. The Kier molecular flexibility index (Phi) is 4.71. The van der Waals surface area contributed by atoms with E-state index in [0.717, 1.165) is 11.3 Å². The number of carbonyl (C=O) groups is 1. The highest BCUT2D eigenvalue weighted by atomic mass is 32.2. The fourth-order valence-corrected chi connectivity index (χ4v) is 3.92. The SMILES string of the molecule is CCOc1ccc([C@H]2SCC(=O)Nc3c2c(=O)[nH]n3C(C)C)cc1. The maximum absolute atomic E-state index is 12.5. The second-order valence-corrected chi connectivity index (χ2v) is 7.00. The summed E-state index contributed by atoms with van der Waals surface area (Å²) in [6, 6.07) is 7.74. The third-order valence-electron chi connectivity index (χ3n) is 3.87. The number of anilines is 1. The molecule has 0 aliphatic carbocycles. The lowest BCUT2D eigenvalue weighted by molar-refractivity contribution is -0.113. The first kappa shape index (κ1) is 16.7. The minimum absolute atomic E-state index is 0.0471. The zero-order chi connectivity index (χ0) is 17.3. The van der Waals surface area contributed by atoms with Crippen LogP contribution in [0, 0.1) is 0 Å². The summed E-state index contributed by atoms with van der Waals surface area (Å²) in [5, 5.41) is 5.52. The zero-order valence-corrected chi connectivity index (χ0v) is 14.8. The third-order valence-corrected chi connectivity index (χ3v) is 5.14. The van der Waals surface area contributed by atoms with Crippen LogP contribution in [0.15, 0.2) is 29.1 Å². The van der Waals surface area contributed by atoms with Crippen molar-refractivity contribution in [2.45, 2.75) is 32.1 Å². The van der Waals surface area contributed by atoms with Gasteiger partial charge in [0.2, 0.25) is 5.91 Å². The summed E-state index contributed by atoms with van der Waals surface area (Å²) in [6.07, 6.45) is 0. The molecule has 0 unspecified atom stereocenters. The van der Waals surface area contributed by atoms with Gasteiger partial charge < -0.3 is 10.1 Å². The van der Waals surface area contributed by atoms with E-state index in [9.17, 15) is 9.59 Å². The standard InChI is InChI=1S/C17H21N3O3S/c1-4-23-12-7-5-11(6-8-12)15-14-16(18-13(21)9-24-15)20(10(2)3)19-17(14)22/h5-8,10,15H,4,9H2,1-3H3,(H,18,21)(H,19,22)/t15-/m1/s1. The highest BCUT2D eigenvalue weighted by molar-refractivity contribution is 8.00. The topological polar surface area (TPSA) is 76.1 Å². The summed E-state index contributed by atoms with van der Waals surface area (Å²) in [5.41, 5.74) is 1.42. The van der Waals surface area contributed by atoms with E-state index in [1.165, 1.54) is 11.8 Å². The molecule has 1 aromatic heterocycles. The largest absolute Gasteiger partial charge is 0.494 e. The first-order valence-corrected chi connectivity index (χ1v) is 9.04. The Bertz CT molecular complexity index is 792. The summed E-state index contributed by atoms with van der Waals surface area (Å²) in [5.74, 6) is 1.58. The summed E-state index contributed by atoms with van der Waals surface area (Å²) in [4.78, 5) is 24.6. The Morgan fingerprint density at radius 3 is 2.62 bits per heavy atom. The Morgan fingerprint density at radius 1 is 1.29 bits per heavy atom. The van der Waals surface area contributed by atoms with Gasteiger partial charge in [0, 0.05) is 6.04 Å². The van der Waals surface area contributed by atoms with E-state index in [4.69, 9.17) is 4.74 Å². The number of nitrogens with one attached hydrogen (secondary N) is 2. The minimum atomic E-state index is -0.196. The normalized spacial score (nSPS) is 17.3. The van der Waals surface area contributed by atoms with Crippen LogP contribution < -0.4 is 15.6 Å². The van der Waals surface area contributed by atoms with Crippen molar-refractivity contribution in [2.24, 2.45) is 0 Å². The molecule has 0 saturated heterocycles. The van der Waals surface area contributed by atoms with Gasteiger partial charge in [0.15, 0.2) is 0 Å². The molecule has 0 spiro atoms. The van der Waals surface area contributed by atoms with E-state index < -0.39 is 0 Å². The van der Waals surface area contributed by atoms with E-state index in [-0.39, 0.29) is 22.8 Å². The van der Waals surface area contributed by atoms with Crippen LogP contribution in [0.5, 0.6) is 5.75 Å². The molecule has 2 aromatic rings. The van der Waals surface area contributed by atoms with E-state index in [1.807, 2.05) is 45.0 Å². The van der Waals surface area contributed by atoms with Crippen molar-refractivity contribution in [3.05, 3.63) is 45.7 Å². The molecule has 1 aromatic carbocycles. The van der Waals surface area contributed by atoms with Crippen molar-refractivity contribution in [1.29, 1.82) is 0 Å². The quantitative estimate of drug-likeness (QED) is 0.892. The van der Waals surface area contributed by atoms with Crippen LogP contribution in [-0.4, -0.2) is 28.0 Å². The average Bonchev–Trinajstić information content (AvgIpc) is 2.76. The van der Waals surface area contributed by atoms with Crippen LogP contribution in [0.2, 0.25) is 0 Å². The number of H-pyrrole nitrogens is 1. The third kappa shape index (κ3) is 3.08. The highest BCUT2D eigenvalue weighted by Gasteiger charge is 2.30. The van der Waals surface area contributed by atoms with Gasteiger partial charge in [-0.1, -0.05) is 12.1 Å². The lowest BCUT2D eigenvalue weighted by Gasteiger charge is -2.15. The van der Waals surface area contributed by atoms with Crippen molar-refractivity contribution in [1.82, 2.24) is 9.78 Å². The number of benzene rings is 1. The summed E-state index contributed by atoms with van der Waals surface area (Å²) in [7, 11) is 0. The number of carbonyl (C=O) groups excluding carboxylic acids is 1. The second kappa shape index (κ2) is 6.76. The van der Waals surface area contributed by atoms with Crippen LogP contribution >= 0.6 is 11.8 Å². The molecule has 24 heavy (non-hydrogen) atoms. The number of thioether (sulfide) groups is 1. The van der Waals surface area contributed by atoms with E-state index in [0.29, 0.717) is 23.7 Å². The number of aromatic amines is 1. The fourth-order valence-electron chi connectivity index (χ4n) is 2.80. The monoisotopic (exact) mass is 347 g/mol. The molecule has 2 heterocycles. The van der Waals surface area contributed by atoms with Gasteiger partial charge in [0.25, 0.3) is 5.56 Å². The highest BCUT2D eigenvalue weighted by Crippen LogP contribution is 2.40. The molecular weight excluding hydrogens is 326 g/mol. The molecule has 0 bridgehead atoms. The first-order valence-electron chi connectivity index (χ1n) is 7.99. The molecule has 3 rings (SSSR count). The van der Waals surface area contributed by atoms with Gasteiger partial charge in [0.1, 0.15) is 11.6 Å². The van der Waals surface area contributed by atoms with Crippen molar-refractivity contribution >= 4 is 23.5 Å². The van der Waals surface area contributed by atoms with Crippen LogP contribution in [-0.2, 0) is 4.79 Å². The van der Waals surface area contributed by atoms with Gasteiger partial charge >= 0.3 is 0 Å². The van der Waals surface area contributed by atoms with Gasteiger partial charge in [0.05, 0.1) is 23.2 Å². The number of amides is 1. The van der Waals surface area contributed by atoms with Crippen LogP contribution in [0.3, 0.4) is 0 Å². The summed E-state index contributed by atoms with van der Waals surface area (Å²) < 4.78 is 7.20. The lowest BCUT2D eigenvalue weighted by atomic mass is 10.1. The zero-order valence-electron chi connectivity index (χ0n) is 14.0. The molecule has 1 aliphatic rings. The molecule has 128 valence electrons. The molecule has 1 amide bonds. The maximum atomic E-state index is 12.5. The maximum Gasteiger partial charge on any atom is 0.270 e. The number of aromatic nitrogens is 2. The predicted molar refractivity (Wildman–Crippen MR) is 96.0 cm³/mol. The Labute approximate surface area is 144 Å². The average molecular weight is 347 g/mol. The summed E-state index contributed by atoms with van der Waals surface area (Å²) in [6.45, 7) is 6.47. The smallest absolute Gasteiger partial charge is 0.270 e. The number of hydrogen-bond acceptors (Lipinski definition) is 4. The summed E-state index contributed by atoms with van der Waals surface area (Å²) >= 11 is 1.46. The van der Waals surface area contributed by atoms with Gasteiger partial charge in [-0.25, -0.2) is 0 Å². The molecule has 0 saturated carbocycles. The van der Waals surface area contributed by atoms with E-state index in [1.54, 1.807) is 4.68 Å². The Balaban J connectivity index is 2.07. The van der Waals surface area contributed by atoms with E-state index >= 15 is 0 Å². The van der Waals surface area contributed by atoms with Gasteiger partial charge in [-0.3, -0.25) is 19.4 Å². The van der Waals surface area contributed by atoms with Gasteiger partial charge in [-0.2, -0.15) is 0 Å². The molecule has 7 heteroatoms. The molecule has 0 fully saturated rings. The van der Waals surface area contributed by atoms with Crippen molar-refractivity contribution in [2.75, 3.05) is 17.7 Å². The van der Waals surface area contributed by atoms with Crippen LogP contribution in [0.25, 0.3) is 0 Å². The van der Waals surface area contributed by atoms with Gasteiger partial charge in [-0.15, -0.1) is 11.8 Å². The van der Waals surface area contributed by atoms with Crippen LogP contribution in [0.1, 0.15) is 43.2 Å². The second-order valence-electron chi connectivity index (χ2n) is 5.91. The number of hydrogen-bond donors (Lipinski definition) is 2.